The zero-order valence-electron chi connectivity index (χ0n) is 8.61. The van der Waals surface area contributed by atoms with Crippen molar-refractivity contribution in [1.29, 1.82) is 0 Å². The van der Waals surface area contributed by atoms with Crippen LogP contribution in [-0.4, -0.2) is 22.5 Å². The third kappa shape index (κ3) is 2.04. The van der Waals surface area contributed by atoms with Gasteiger partial charge >= 0.3 is 0 Å². The van der Waals surface area contributed by atoms with Crippen molar-refractivity contribution in [2.24, 2.45) is 0 Å². The van der Waals surface area contributed by atoms with E-state index < -0.39 is 0 Å². The molecule has 0 aromatic carbocycles. The van der Waals surface area contributed by atoms with Crippen LogP contribution in [0.15, 0.2) is 18.3 Å². The van der Waals surface area contributed by atoms with Gasteiger partial charge in [-0.1, -0.05) is 6.92 Å². The standard InChI is InChI=1S/C11H17N3/c1-2-14(9-5-6-9)8-11-10(12)4-3-7-13-11/h3-4,7,9H,2,5-6,8,12H2,1H3. The average Bonchev–Trinajstić information content (AvgIpc) is 3.00. The van der Waals surface area contributed by atoms with E-state index in [1.165, 1.54) is 12.8 Å². The first-order chi connectivity index (χ1) is 6.81. The quantitative estimate of drug-likeness (QED) is 0.786. The van der Waals surface area contributed by atoms with Gasteiger partial charge in [0.05, 0.1) is 11.4 Å². The number of nitrogen functional groups attached to an aromatic ring is 1. The molecule has 2 rings (SSSR count). The fourth-order valence-electron chi connectivity index (χ4n) is 1.71. The van der Waals surface area contributed by atoms with E-state index in [1.54, 1.807) is 0 Å². The van der Waals surface area contributed by atoms with E-state index in [0.717, 1.165) is 30.5 Å². The monoisotopic (exact) mass is 191 g/mol. The lowest BCUT2D eigenvalue weighted by Crippen LogP contribution is -2.26. The predicted molar refractivity (Wildman–Crippen MR) is 57.8 cm³/mol. The van der Waals surface area contributed by atoms with Crippen LogP contribution in [0.5, 0.6) is 0 Å². The van der Waals surface area contributed by atoms with E-state index in [0.29, 0.717) is 0 Å². The molecule has 2 N–H and O–H groups in total. The van der Waals surface area contributed by atoms with Gasteiger partial charge in [0.2, 0.25) is 0 Å². The van der Waals surface area contributed by atoms with Crippen LogP contribution in [-0.2, 0) is 6.54 Å². The van der Waals surface area contributed by atoms with Crippen LogP contribution in [0, 0.1) is 0 Å². The van der Waals surface area contributed by atoms with Gasteiger partial charge in [0.25, 0.3) is 0 Å². The van der Waals surface area contributed by atoms with E-state index >= 15 is 0 Å². The maximum atomic E-state index is 5.85. The van der Waals surface area contributed by atoms with Crippen LogP contribution >= 0.6 is 0 Å². The number of anilines is 1. The zero-order valence-corrected chi connectivity index (χ0v) is 8.61. The van der Waals surface area contributed by atoms with Crippen molar-refractivity contribution in [2.75, 3.05) is 12.3 Å². The van der Waals surface area contributed by atoms with Gasteiger partial charge in [0.1, 0.15) is 0 Å². The summed E-state index contributed by atoms with van der Waals surface area (Å²) in [5, 5.41) is 0. The highest BCUT2D eigenvalue weighted by Gasteiger charge is 2.28. The molecule has 0 bridgehead atoms. The summed E-state index contributed by atoms with van der Waals surface area (Å²) in [6, 6.07) is 4.58. The van der Waals surface area contributed by atoms with Crippen molar-refractivity contribution >= 4 is 5.69 Å². The summed E-state index contributed by atoms with van der Waals surface area (Å²) >= 11 is 0. The van der Waals surface area contributed by atoms with Crippen molar-refractivity contribution in [3.05, 3.63) is 24.0 Å². The highest BCUT2D eigenvalue weighted by Crippen LogP contribution is 2.28. The smallest absolute Gasteiger partial charge is 0.0772 e. The number of nitrogens with two attached hydrogens (primary N) is 1. The van der Waals surface area contributed by atoms with Gasteiger partial charge < -0.3 is 5.73 Å². The minimum absolute atomic E-state index is 0.779. The summed E-state index contributed by atoms with van der Waals surface area (Å²) in [6.07, 6.45) is 4.48. The van der Waals surface area contributed by atoms with Crippen molar-refractivity contribution in [2.45, 2.75) is 32.4 Å². The second-order valence-electron chi connectivity index (χ2n) is 3.83. The van der Waals surface area contributed by atoms with Crippen LogP contribution in [0.4, 0.5) is 5.69 Å². The maximum absolute atomic E-state index is 5.85. The molecule has 0 aliphatic heterocycles. The number of nitrogens with zero attached hydrogens (tertiary/aromatic N) is 2. The number of pyridine rings is 1. The van der Waals surface area contributed by atoms with Crippen molar-refractivity contribution < 1.29 is 0 Å². The highest BCUT2D eigenvalue weighted by molar-refractivity contribution is 5.41. The molecule has 76 valence electrons. The van der Waals surface area contributed by atoms with Gasteiger partial charge in [-0.05, 0) is 31.5 Å². The average molecular weight is 191 g/mol. The molecule has 0 unspecified atom stereocenters. The third-order valence-corrected chi connectivity index (χ3v) is 2.75. The fourth-order valence-corrected chi connectivity index (χ4v) is 1.71. The summed E-state index contributed by atoms with van der Waals surface area (Å²) in [5.74, 6) is 0. The Morgan fingerprint density at radius 1 is 1.57 bits per heavy atom. The van der Waals surface area contributed by atoms with Crippen LogP contribution in [0.25, 0.3) is 0 Å². The van der Waals surface area contributed by atoms with E-state index in [-0.39, 0.29) is 0 Å². The van der Waals surface area contributed by atoms with E-state index in [2.05, 4.69) is 16.8 Å². The lowest BCUT2D eigenvalue weighted by Gasteiger charge is -2.19. The summed E-state index contributed by atoms with van der Waals surface area (Å²) in [7, 11) is 0. The molecular formula is C11H17N3. The molecule has 1 heterocycles. The second kappa shape index (κ2) is 3.96. The summed E-state index contributed by atoms with van der Waals surface area (Å²) < 4.78 is 0. The topological polar surface area (TPSA) is 42.2 Å². The molecule has 0 saturated heterocycles. The molecule has 1 aromatic heterocycles. The predicted octanol–water partition coefficient (Wildman–Crippen LogP) is 1.65. The molecule has 0 atom stereocenters. The molecule has 0 spiro atoms. The van der Waals surface area contributed by atoms with Gasteiger partial charge in [0.15, 0.2) is 0 Å². The minimum Gasteiger partial charge on any atom is -0.397 e. The maximum Gasteiger partial charge on any atom is 0.0772 e. The lowest BCUT2D eigenvalue weighted by atomic mass is 10.3. The minimum atomic E-state index is 0.779. The number of aromatic nitrogens is 1. The van der Waals surface area contributed by atoms with Gasteiger partial charge in [-0.25, -0.2) is 0 Å². The van der Waals surface area contributed by atoms with Crippen molar-refractivity contribution in [3.8, 4) is 0 Å². The molecular weight excluding hydrogens is 174 g/mol. The highest BCUT2D eigenvalue weighted by atomic mass is 15.2. The number of hydrogen-bond donors (Lipinski definition) is 1. The van der Waals surface area contributed by atoms with Crippen LogP contribution in [0.3, 0.4) is 0 Å². The molecule has 1 fully saturated rings. The molecule has 1 aliphatic carbocycles. The molecule has 14 heavy (non-hydrogen) atoms. The fraction of sp³-hybridized carbons (Fsp3) is 0.545. The van der Waals surface area contributed by atoms with Gasteiger partial charge in [0, 0.05) is 18.8 Å². The third-order valence-electron chi connectivity index (χ3n) is 2.75. The summed E-state index contributed by atoms with van der Waals surface area (Å²) in [4.78, 5) is 6.75. The first kappa shape index (κ1) is 9.46. The van der Waals surface area contributed by atoms with Crippen LogP contribution in [0.1, 0.15) is 25.5 Å². The Kier molecular flexibility index (Phi) is 2.68. The largest absolute Gasteiger partial charge is 0.397 e. The summed E-state index contributed by atoms with van der Waals surface area (Å²) in [6.45, 7) is 4.17. The van der Waals surface area contributed by atoms with E-state index in [1.807, 2.05) is 18.3 Å². The first-order valence-electron chi connectivity index (χ1n) is 5.24. The Hall–Kier alpha value is -1.09. The Morgan fingerprint density at radius 2 is 2.36 bits per heavy atom. The zero-order chi connectivity index (χ0) is 9.97. The Bertz CT molecular complexity index is 307. The SMILES string of the molecule is CCN(Cc1ncccc1N)C1CC1. The first-order valence-corrected chi connectivity index (χ1v) is 5.24. The molecule has 0 radical (unpaired) electrons. The molecule has 1 aliphatic rings. The van der Waals surface area contributed by atoms with Gasteiger partial charge in [-0.15, -0.1) is 0 Å². The second-order valence-corrected chi connectivity index (χ2v) is 3.83. The molecule has 1 aromatic rings. The molecule has 0 amide bonds. The molecule has 1 saturated carbocycles. The molecule has 3 heteroatoms. The number of rotatable bonds is 4. The number of hydrogen-bond acceptors (Lipinski definition) is 3. The normalized spacial score (nSPS) is 16.1. The van der Waals surface area contributed by atoms with Gasteiger partial charge in [-0.2, -0.15) is 0 Å². The van der Waals surface area contributed by atoms with E-state index in [4.69, 9.17) is 5.73 Å². The van der Waals surface area contributed by atoms with Crippen molar-refractivity contribution in [1.82, 2.24) is 9.88 Å². The van der Waals surface area contributed by atoms with Crippen LogP contribution in [0.2, 0.25) is 0 Å². The lowest BCUT2D eigenvalue weighted by molar-refractivity contribution is 0.266. The Morgan fingerprint density at radius 3 is 2.93 bits per heavy atom. The van der Waals surface area contributed by atoms with E-state index in [9.17, 15) is 0 Å². The Labute approximate surface area is 84.9 Å². The van der Waals surface area contributed by atoms with Crippen LogP contribution < -0.4 is 5.73 Å². The summed E-state index contributed by atoms with van der Waals surface area (Å²) in [5.41, 5.74) is 7.68. The Balaban J connectivity index is 2.04. The molecule has 3 nitrogen and oxygen atoms in total. The van der Waals surface area contributed by atoms with Crippen molar-refractivity contribution in [3.63, 3.8) is 0 Å². The van der Waals surface area contributed by atoms with Gasteiger partial charge in [-0.3, -0.25) is 9.88 Å².